The molecule has 1 fully saturated rings. The van der Waals surface area contributed by atoms with Gasteiger partial charge in [0.2, 0.25) is 5.88 Å². The van der Waals surface area contributed by atoms with E-state index < -0.39 is 29.7 Å². The molecular formula is C21H17ClF6N4O. The largest absolute Gasteiger partial charge is 0.474 e. The number of rotatable bonds is 4. The van der Waals surface area contributed by atoms with Gasteiger partial charge in [-0.15, -0.1) is 0 Å². The fraction of sp³-hybridized carbons (Fsp3) is 0.333. The van der Waals surface area contributed by atoms with Gasteiger partial charge in [0.25, 0.3) is 0 Å². The van der Waals surface area contributed by atoms with Crippen molar-refractivity contribution in [3.63, 3.8) is 0 Å². The molecule has 33 heavy (non-hydrogen) atoms. The minimum atomic E-state index is -4.65. The highest BCUT2D eigenvalue weighted by Crippen LogP contribution is 2.34. The van der Waals surface area contributed by atoms with Crippen molar-refractivity contribution in [2.45, 2.75) is 31.3 Å². The number of hydrogen-bond donors (Lipinski definition) is 0. The standard InChI is InChI=1S/C21H17ClF6N4O/c22-14-2-1-3-15(10-14)32-19(11-17(30-32)21(26,27)28)33-16-6-8-31(9-7-16)18-5-4-13(12-29-18)20(23,24)25/h1-5,10-12,16H,6-9H2. The molecule has 176 valence electrons. The van der Waals surface area contributed by atoms with Crippen molar-refractivity contribution in [2.24, 2.45) is 0 Å². The molecule has 0 radical (unpaired) electrons. The van der Waals surface area contributed by atoms with E-state index in [1.54, 1.807) is 23.1 Å². The fourth-order valence-corrected chi connectivity index (χ4v) is 3.68. The molecule has 2 aromatic heterocycles. The maximum Gasteiger partial charge on any atom is 0.435 e. The molecule has 0 amide bonds. The Hall–Kier alpha value is -2.95. The molecule has 3 aromatic rings. The zero-order valence-corrected chi connectivity index (χ0v) is 17.6. The summed E-state index contributed by atoms with van der Waals surface area (Å²) in [5.41, 5.74) is -1.61. The summed E-state index contributed by atoms with van der Waals surface area (Å²) in [6.07, 6.45) is -7.88. The van der Waals surface area contributed by atoms with Gasteiger partial charge in [-0.3, -0.25) is 0 Å². The Bertz CT molecular complexity index is 1110. The number of halogens is 7. The van der Waals surface area contributed by atoms with Crippen LogP contribution < -0.4 is 9.64 Å². The van der Waals surface area contributed by atoms with Crippen molar-refractivity contribution in [2.75, 3.05) is 18.0 Å². The smallest absolute Gasteiger partial charge is 0.435 e. The third kappa shape index (κ3) is 5.35. The molecule has 0 bridgehead atoms. The predicted molar refractivity (Wildman–Crippen MR) is 109 cm³/mol. The first-order valence-corrected chi connectivity index (χ1v) is 10.3. The van der Waals surface area contributed by atoms with Crippen LogP contribution in [0.25, 0.3) is 5.69 Å². The average Bonchev–Trinajstić information content (AvgIpc) is 3.18. The molecule has 0 aliphatic carbocycles. The van der Waals surface area contributed by atoms with Gasteiger partial charge < -0.3 is 9.64 Å². The molecule has 5 nitrogen and oxygen atoms in total. The summed E-state index contributed by atoms with van der Waals surface area (Å²) < 4.78 is 84.8. The van der Waals surface area contributed by atoms with Crippen molar-refractivity contribution >= 4 is 17.4 Å². The van der Waals surface area contributed by atoms with E-state index in [1.165, 1.54) is 12.1 Å². The molecule has 0 spiro atoms. The van der Waals surface area contributed by atoms with Crippen LogP contribution >= 0.6 is 11.6 Å². The number of ether oxygens (including phenoxy) is 1. The number of pyridine rings is 1. The molecular weight excluding hydrogens is 474 g/mol. The third-order valence-corrected chi connectivity index (χ3v) is 5.38. The molecule has 4 rings (SSSR count). The highest BCUT2D eigenvalue weighted by Gasteiger charge is 2.36. The number of anilines is 1. The molecule has 3 heterocycles. The number of piperidine rings is 1. The van der Waals surface area contributed by atoms with Gasteiger partial charge in [0, 0.05) is 43.2 Å². The van der Waals surface area contributed by atoms with Gasteiger partial charge in [-0.25, -0.2) is 9.67 Å². The first-order chi connectivity index (χ1) is 15.5. The van der Waals surface area contributed by atoms with Crippen LogP contribution in [-0.4, -0.2) is 34.0 Å². The lowest BCUT2D eigenvalue weighted by Crippen LogP contribution is -2.39. The highest BCUT2D eigenvalue weighted by molar-refractivity contribution is 6.30. The second-order valence-corrected chi connectivity index (χ2v) is 7.90. The number of nitrogens with zero attached hydrogens (tertiary/aromatic N) is 4. The number of benzene rings is 1. The van der Waals surface area contributed by atoms with E-state index in [4.69, 9.17) is 16.3 Å². The summed E-state index contributed by atoms with van der Waals surface area (Å²) in [5, 5.41) is 3.98. The van der Waals surface area contributed by atoms with Crippen LogP contribution in [0.15, 0.2) is 48.7 Å². The summed E-state index contributed by atoms with van der Waals surface area (Å²) >= 11 is 5.97. The van der Waals surface area contributed by atoms with Crippen molar-refractivity contribution in [3.05, 3.63) is 64.9 Å². The molecule has 0 N–H and O–H groups in total. The number of hydrogen-bond acceptors (Lipinski definition) is 4. The van der Waals surface area contributed by atoms with Crippen LogP contribution in [0, 0.1) is 0 Å². The minimum Gasteiger partial charge on any atom is -0.474 e. The van der Waals surface area contributed by atoms with E-state index in [0.29, 0.717) is 42.5 Å². The number of aromatic nitrogens is 3. The Morgan fingerprint density at radius 2 is 1.67 bits per heavy atom. The van der Waals surface area contributed by atoms with Gasteiger partial charge >= 0.3 is 12.4 Å². The van der Waals surface area contributed by atoms with Gasteiger partial charge in [0.15, 0.2) is 5.69 Å². The van der Waals surface area contributed by atoms with Crippen molar-refractivity contribution < 1.29 is 31.1 Å². The van der Waals surface area contributed by atoms with Gasteiger partial charge in [-0.05, 0) is 30.3 Å². The first kappa shape index (κ1) is 23.2. The molecule has 1 aromatic carbocycles. The molecule has 0 saturated carbocycles. The summed E-state index contributed by atoms with van der Waals surface area (Å²) in [6.45, 7) is 0.834. The first-order valence-electron chi connectivity index (χ1n) is 9.89. The monoisotopic (exact) mass is 490 g/mol. The minimum absolute atomic E-state index is 0.0734. The Balaban J connectivity index is 1.47. The van der Waals surface area contributed by atoms with Crippen LogP contribution in [0.2, 0.25) is 5.02 Å². The number of alkyl halides is 6. The van der Waals surface area contributed by atoms with E-state index in [0.717, 1.165) is 23.0 Å². The van der Waals surface area contributed by atoms with Crippen molar-refractivity contribution in [3.8, 4) is 11.6 Å². The SMILES string of the molecule is FC(F)(F)c1ccc(N2CCC(Oc3cc(C(F)(F)F)nn3-c3cccc(Cl)c3)CC2)nc1. The van der Waals surface area contributed by atoms with E-state index in [9.17, 15) is 26.3 Å². The van der Waals surface area contributed by atoms with Gasteiger partial charge in [0.1, 0.15) is 11.9 Å². The summed E-state index contributed by atoms with van der Waals surface area (Å²) in [6, 6.07) is 9.31. The predicted octanol–water partition coefficient (Wildman–Crippen LogP) is 6.01. The third-order valence-electron chi connectivity index (χ3n) is 5.15. The topological polar surface area (TPSA) is 43.2 Å². The van der Waals surface area contributed by atoms with Gasteiger partial charge in [-0.1, -0.05) is 17.7 Å². The summed E-state index contributed by atoms with van der Waals surface area (Å²) in [4.78, 5) is 5.68. The molecule has 1 aliphatic heterocycles. The van der Waals surface area contributed by atoms with Gasteiger partial charge in [-0.2, -0.15) is 31.4 Å². The Morgan fingerprint density at radius 3 is 2.24 bits per heavy atom. The van der Waals surface area contributed by atoms with E-state index in [2.05, 4.69) is 10.1 Å². The summed E-state index contributed by atoms with van der Waals surface area (Å²) in [5.74, 6) is 0.320. The summed E-state index contributed by atoms with van der Waals surface area (Å²) in [7, 11) is 0. The fourth-order valence-electron chi connectivity index (χ4n) is 3.49. The van der Waals surface area contributed by atoms with Crippen LogP contribution in [0.5, 0.6) is 5.88 Å². The Morgan fingerprint density at radius 1 is 0.939 bits per heavy atom. The van der Waals surface area contributed by atoms with Crippen LogP contribution in [0.4, 0.5) is 32.2 Å². The maximum absolute atomic E-state index is 13.3. The van der Waals surface area contributed by atoms with E-state index in [1.807, 2.05) is 0 Å². The molecule has 1 aliphatic rings. The normalized spacial score (nSPS) is 15.7. The molecule has 0 unspecified atom stereocenters. The average molecular weight is 491 g/mol. The lowest BCUT2D eigenvalue weighted by Gasteiger charge is -2.33. The molecule has 0 atom stereocenters. The Labute approximate surface area is 189 Å². The lowest BCUT2D eigenvalue weighted by molar-refractivity contribution is -0.141. The second-order valence-electron chi connectivity index (χ2n) is 7.46. The van der Waals surface area contributed by atoms with Crippen molar-refractivity contribution in [1.29, 1.82) is 0 Å². The van der Waals surface area contributed by atoms with E-state index in [-0.39, 0.29) is 5.88 Å². The van der Waals surface area contributed by atoms with Crippen molar-refractivity contribution in [1.82, 2.24) is 14.8 Å². The molecule has 12 heteroatoms. The van der Waals surface area contributed by atoms with Crippen LogP contribution in [0.3, 0.4) is 0 Å². The van der Waals surface area contributed by atoms with Gasteiger partial charge in [0.05, 0.1) is 11.3 Å². The quantitative estimate of drug-likeness (QED) is 0.420. The van der Waals surface area contributed by atoms with Crippen LogP contribution in [-0.2, 0) is 12.4 Å². The maximum atomic E-state index is 13.3. The second kappa shape index (κ2) is 8.77. The molecule has 1 saturated heterocycles. The van der Waals surface area contributed by atoms with E-state index >= 15 is 0 Å². The zero-order valence-electron chi connectivity index (χ0n) is 16.9. The Kier molecular flexibility index (Phi) is 6.17. The lowest BCUT2D eigenvalue weighted by atomic mass is 10.1. The van der Waals surface area contributed by atoms with Crippen LogP contribution in [0.1, 0.15) is 24.1 Å². The zero-order chi connectivity index (χ0) is 23.8. The highest BCUT2D eigenvalue weighted by atomic mass is 35.5.